The third-order valence-electron chi connectivity index (χ3n) is 4.24. The number of hydrogen-bond acceptors (Lipinski definition) is 5. The molecule has 0 aliphatic carbocycles. The van der Waals surface area contributed by atoms with E-state index >= 15 is 0 Å². The van der Waals surface area contributed by atoms with Gasteiger partial charge in [0.25, 0.3) is 0 Å². The molecule has 1 aliphatic rings. The van der Waals surface area contributed by atoms with Gasteiger partial charge in [0.2, 0.25) is 11.9 Å². The molecule has 3 N–H and O–H groups in total. The molecule has 1 aliphatic heterocycles. The van der Waals surface area contributed by atoms with Crippen molar-refractivity contribution in [3.05, 3.63) is 70.6 Å². The van der Waals surface area contributed by atoms with Crippen LogP contribution in [0.4, 0.5) is 5.95 Å². The summed E-state index contributed by atoms with van der Waals surface area (Å²) in [6.07, 6.45) is 3.36. The van der Waals surface area contributed by atoms with Crippen LogP contribution in [0.3, 0.4) is 0 Å². The molecule has 2 aromatic heterocycles. The molecule has 0 saturated carbocycles. The number of hydrogen-bond donors (Lipinski definition) is 2. The molecule has 130 valence electrons. The van der Waals surface area contributed by atoms with Crippen LogP contribution in [-0.4, -0.2) is 25.7 Å². The zero-order chi connectivity index (χ0) is 18.3. The summed E-state index contributed by atoms with van der Waals surface area (Å²) in [5.41, 5.74) is 8.42. The van der Waals surface area contributed by atoms with Gasteiger partial charge in [-0.15, -0.1) is 5.10 Å². The van der Waals surface area contributed by atoms with Crippen molar-refractivity contribution >= 4 is 23.5 Å². The fourth-order valence-electron chi connectivity index (χ4n) is 3.05. The molecule has 1 aromatic carbocycles. The predicted octanol–water partition coefficient (Wildman–Crippen LogP) is 2.77. The Morgan fingerprint density at radius 3 is 2.54 bits per heavy atom. The van der Waals surface area contributed by atoms with Crippen LogP contribution in [0.2, 0.25) is 5.02 Å². The van der Waals surface area contributed by atoms with Crippen molar-refractivity contribution in [2.75, 3.05) is 5.32 Å². The monoisotopic (exact) mass is 366 g/mol. The number of pyridine rings is 1. The number of rotatable bonds is 3. The molecule has 7 nitrogen and oxygen atoms in total. The quantitative estimate of drug-likeness (QED) is 0.742. The van der Waals surface area contributed by atoms with E-state index in [1.54, 1.807) is 36.1 Å². The minimum atomic E-state index is -0.512. The van der Waals surface area contributed by atoms with Gasteiger partial charge in [-0.3, -0.25) is 9.78 Å². The topological polar surface area (TPSA) is 98.7 Å². The van der Waals surface area contributed by atoms with Gasteiger partial charge in [0.05, 0.1) is 5.57 Å². The van der Waals surface area contributed by atoms with Gasteiger partial charge in [0, 0.05) is 28.7 Å². The largest absolute Gasteiger partial charge is 0.366 e. The highest BCUT2D eigenvalue weighted by atomic mass is 35.5. The molecule has 0 radical (unpaired) electrons. The Morgan fingerprint density at radius 1 is 1.19 bits per heavy atom. The molecule has 3 aromatic rings. The Hall–Kier alpha value is -3.19. The van der Waals surface area contributed by atoms with Crippen LogP contribution < -0.4 is 11.1 Å². The van der Waals surface area contributed by atoms with Crippen molar-refractivity contribution in [1.82, 2.24) is 19.7 Å². The van der Waals surface area contributed by atoms with Crippen LogP contribution in [0.1, 0.15) is 18.5 Å². The van der Waals surface area contributed by atoms with E-state index in [1.165, 1.54) is 0 Å². The first-order chi connectivity index (χ1) is 12.5. The molecular formula is C18H15ClN6O. The van der Waals surface area contributed by atoms with Crippen molar-refractivity contribution < 1.29 is 4.79 Å². The number of benzene rings is 1. The minimum Gasteiger partial charge on any atom is -0.366 e. The number of anilines is 1. The number of nitrogens with one attached hydrogen (secondary N) is 1. The lowest BCUT2D eigenvalue weighted by atomic mass is 9.95. The number of primary amides is 1. The lowest BCUT2D eigenvalue weighted by molar-refractivity contribution is -0.115. The van der Waals surface area contributed by atoms with Crippen molar-refractivity contribution in [3.63, 3.8) is 0 Å². The Kier molecular flexibility index (Phi) is 3.93. The van der Waals surface area contributed by atoms with Crippen LogP contribution in [-0.2, 0) is 4.79 Å². The highest BCUT2D eigenvalue weighted by Gasteiger charge is 2.33. The van der Waals surface area contributed by atoms with Crippen LogP contribution in [0, 0.1) is 0 Å². The normalized spacial score (nSPS) is 16.2. The number of nitrogens with two attached hydrogens (primary N) is 1. The second kappa shape index (κ2) is 6.27. The molecule has 0 fully saturated rings. The highest BCUT2D eigenvalue weighted by Crippen LogP contribution is 2.36. The summed E-state index contributed by atoms with van der Waals surface area (Å²) >= 11 is 6.01. The number of fused-ring (bicyclic) bond motifs is 1. The maximum atomic E-state index is 12.1. The van der Waals surface area contributed by atoms with E-state index in [0.717, 1.165) is 11.1 Å². The molecular weight excluding hydrogens is 352 g/mol. The Bertz CT molecular complexity index is 1010. The van der Waals surface area contributed by atoms with Crippen molar-refractivity contribution in [2.45, 2.75) is 13.0 Å². The molecule has 4 rings (SSSR count). The number of allylic oxidation sites excluding steroid dienone is 1. The average Bonchev–Trinajstić information content (AvgIpc) is 3.05. The molecule has 1 amide bonds. The number of amides is 1. The third kappa shape index (κ3) is 2.72. The molecule has 0 saturated heterocycles. The van der Waals surface area contributed by atoms with Gasteiger partial charge >= 0.3 is 0 Å². The SMILES string of the molecule is CC1=C(C(N)=O)[C@@H](c2ccc(Cl)cc2)n2nc(-c3ccncc3)nc2N1. The van der Waals surface area contributed by atoms with Crippen molar-refractivity contribution in [3.8, 4) is 11.4 Å². The summed E-state index contributed by atoms with van der Waals surface area (Å²) in [7, 11) is 0. The van der Waals surface area contributed by atoms with Crippen LogP contribution in [0.25, 0.3) is 11.4 Å². The van der Waals surface area contributed by atoms with E-state index in [4.69, 9.17) is 17.3 Å². The summed E-state index contributed by atoms with van der Waals surface area (Å²) in [4.78, 5) is 20.7. The van der Waals surface area contributed by atoms with Gasteiger partial charge in [-0.2, -0.15) is 4.98 Å². The molecule has 3 heterocycles. The number of aromatic nitrogens is 4. The molecule has 0 unspecified atom stereocenters. The number of carbonyl (C=O) groups excluding carboxylic acids is 1. The van der Waals surface area contributed by atoms with Gasteiger partial charge in [-0.25, -0.2) is 4.68 Å². The predicted molar refractivity (Wildman–Crippen MR) is 98.4 cm³/mol. The highest BCUT2D eigenvalue weighted by molar-refractivity contribution is 6.30. The molecule has 8 heteroatoms. The van der Waals surface area contributed by atoms with Crippen molar-refractivity contribution in [1.29, 1.82) is 0 Å². The number of nitrogens with zero attached hydrogens (tertiary/aromatic N) is 4. The van der Waals surface area contributed by atoms with Gasteiger partial charge in [0.1, 0.15) is 6.04 Å². The van der Waals surface area contributed by atoms with Gasteiger partial charge in [-0.1, -0.05) is 23.7 Å². The Morgan fingerprint density at radius 2 is 1.88 bits per heavy atom. The number of carbonyl (C=O) groups is 1. The number of halogens is 1. The fraction of sp³-hybridized carbons (Fsp3) is 0.111. The molecule has 0 spiro atoms. The summed E-state index contributed by atoms with van der Waals surface area (Å²) in [6.45, 7) is 1.80. The Balaban J connectivity index is 1.88. The van der Waals surface area contributed by atoms with Gasteiger partial charge < -0.3 is 11.1 Å². The van der Waals surface area contributed by atoms with Crippen molar-refractivity contribution in [2.24, 2.45) is 5.73 Å². The second-order valence-electron chi connectivity index (χ2n) is 5.92. The summed E-state index contributed by atoms with van der Waals surface area (Å²) < 4.78 is 1.67. The standard InChI is InChI=1S/C18H15ClN6O/c1-10-14(16(20)26)15(11-2-4-13(19)5-3-11)25-18(22-10)23-17(24-25)12-6-8-21-9-7-12/h2-9,15H,1H3,(H2,20,26)(H,22,23,24)/t15-/m1/s1. The van der Waals surface area contributed by atoms with E-state index in [2.05, 4.69) is 20.4 Å². The first-order valence-electron chi connectivity index (χ1n) is 7.94. The zero-order valence-corrected chi connectivity index (χ0v) is 14.6. The minimum absolute atomic E-state index is 0.436. The van der Waals surface area contributed by atoms with E-state index in [-0.39, 0.29) is 0 Å². The summed E-state index contributed by atoms with van der Waals surface area (Å²) in [6, 6.07) is 10.4. The van der Waals surface area contributed by atoms with E-state index in [9.17, 15) is 4.79 Å². The smallest absolute Gasteiger partial charge is 0.248 e. The van der Waals surface area contributed by atoms with E-state index < -0.39 is 11.9 Å². The second-order valence-corrected chi connectivity index (χ2v) is 6.36. The van der Waals surface area contributed by atoms with Gasteiger partial charge in [0.15, 0.2) is 5.82 Å². The summed E-state index contributed by atoms with van der Waals surface area (Å²) in [5, 5.41) is 8.34. The Labute approximate surface area is 154 Å². The fourth-order valence-corrected chi connectivity index (χ4v) is 3.17. The van der Waals surface area contributed by atoms with E-state index in [1.807, 2.05) is 24.3 Å². The van der Waals surface area contributed by atoms with Crippen LogP contribution in [0.15, 0.2) is 60.1 Å². The third-order valence-corrected chi connectivity index (χ3v) is 4.49. The zero-order valence-electron chi connectivity index (χ0n) is 13.8. The maximum Gasteiger partial charge on any atom is 0.248 e. The van der Waals surface area contributed by atoms with E-state index in [0.29, 0.717) is 28.1 Å². The van der Waals surface area contributed by atoms with Gasteiger partial charge in [-0.05, 0) is 36.8 Å². The lowest BCUT2D eigenvalue weighted by Crippen LogP contribution is -2.31. The maximum absolute atomic E-state index is 12.1. The molecule has 26 heavy (non-hydrogen) atoms. The van der Waals surface area contributed by atoms with Crippen LogP contribution in [0.5, 0.6) is 0 Å². The lowest BCUT2D eigenvalue weighted by Gasteiger charge is -2.27. The molecule has 1 atom stereocenters. The van der Waals surface area contributed by atoms with Crippen LogP contribution >= 0.6 is 11.6 Å². The first kappa shape index (κ1) is 16.3. The first-order valence-corrected chi connectivity index (χ1v) is 8.32. The average molecular weight is 367 g/mol. The summed E-state index contributed by atoms with van der Waals surface area (Å²) in [5.74, 6) is 0.563. The molecule has 0 bridgehead atoms.